The molecular weight excluding hydrogens is 234 g/mol. The van der Waals surface area contributed by atoms with Gasteiger partial charge in [0, 0.05) is 27.2 Å². The van der Waals surface area contributed by atoms with E-state index in [0.717, 1.165) is 5.69 Å². The fraction of sp³-hybridized carbons (Fsp3) is 0.667. The summed E-state index contributed by atoms with van der Waals surface area (Å²) >= 11 is 0. The second kappa shape index (κ2) is 7.13. The second-order valence-electron chi connectivity index (χ2n) is 4.03. The lowest BCUT2D eigenvalue weighted by atomic mass is 10.2. The Morgan fingerprint density at radius 1 is 1.61 bits per heavy atom. The molecule has 6 nitrogen and oxygen atoms in total. The van der Waals surface area contributed by atoms with Crippen molar-refractivity contribution in [3.63, 3.8) is 0 Å². The molecule has 1 N–H and O–H groups in total. The number of ether oxygens (including phenoxy) is 2. The van der Waals surface area contributed by atoms with Crippen molar-refractivity contribution in [2.45, 2.75) is 26.5 Å². The number of hydrogen-bond acceptors (Lipinski definition) is 5. The van der Waals surface area contributed by atoms with E-state index < -0.39 is 0 Å². The molecule has 1 unspecified atom stereocenters. The van der Waals surface area contributed by atoms with Gasteiger partial charge in [-0.15, -0.1) is 0 Å². The lowest BCUT2D eigenvalue weighted by Gasteiger charge is -2.11. The Bertz CT molecular complexity index is 390. The van der Waals surface area contributed by atoms with E-state index in [0.29, 0.717) is 25.3 Å². The third kappa shape index (κ3) is 3.82. The van der Waals surface area contributed by atoms with Crippen LogP contribution in [0, 0.1) is 0 Å². The Morgan fingerprint density at radius 3 is 2.94 bits per heavy atom. The monoisotopic (exact) mass is 255 g/mol. The van der Waals surface area contributed by atoms with Crippen LogP contribution in [-0.4, -0.2) is 42.1 Å². The first-order valence-corrected chi connectivity index (χ1v) is 6.01. The van der Waals surface area contributed by atoms with E-state index in [1.807, 2.05) is 6.92 Å². The third-order valence-electron chi connectivity index (χ3n) is 2.68. The van der Waals surface area contributed by atoms with Crippen LogP contribution in [0.1, 0.15) is 29.9 Å². The largest absolute Gasteiger partial charge is 0.462 e. The highest BCUT2D eigenvalue weighted by Gasteiger charge is 2.16. The summed E-state index contributed by atoms with van der Waals surface area (Å²) in [5, 5.41) is 7.31. The molecule has 1 aromatic rings. The van der Waals surface area contributed by atoms with Crippen LogP contribution in [0.4, 0.5) is 0 Å². The maximum absolute atomic E-state index is 11.7. The van der Waals surface area contributed by atoms with Crippen molar-refractivity contribution in [2.75, 3.05) is 20.3 Å². The van der Waals surface area contributed by atoms with Crippen molar-refractivity contribution >= 4 is 5.97 Å². The number of hydrogen-bond donors (Lipinski definition) is 1. The summed E-state index contributed by atoms with van der Waals surface area (Å²) in [4.78, 5) is 11.7. The molecule has 0 saturated carbocycles. The smallest absolute Gasteiger partial charge is 0.341 e. The fourth-order valence-electron chi connectivity index (χ4n) is 1.53. The highest BCUT2D eigenvalue weighted by Crippen LogP contribution is 2.09. The predicted molar refractivity (Wildman–Crippen MR) is 67.3 cm³/mol. The Labute approximate surface area is 107 Å². The minimum absolute atomic E-state index is 0.129. The van der Waals surface area contributed by atoms with Gasteiger partial charge in [0.15, 0.2) is 0 Å². The van der Waals surface area contributed by atoms with Gasteiger partial charge >= 0.3 is 5.97 Å². The van der Waals surface area contributed by atoms with Crippen molar-refractivity contribution < 1.29 is 14.3 Å². The minimum Gasteiger partial charge on any atom is -0.462 e. The molecular formula is C12H21N3O3. The van der Waals surface area contributed by atoms with Gasteiger partial charge in [-0.1, -0.05) is 0 Å². The number of aromatic nitrogens is 2. The van der Waals surface area contributed by atoms with Gasteiger partial charge in [0.2, 0.25) is 0 Å². The average molecular weight is 255 g/mol. The SMILES string of the molecule is CCOC(=O)c1cnn(C)c1CNCC(C)OC. The molecule has 1 atom stereocenters. The van der Waals surface area contributed by atoms with Crippen LogP contribution in [0.2, 0.25) is 0 Å². The Morgan fingerprint density at radius 2 is 2.33 bits per heavy atom. The number of aryl methyl sites for hydroxylation is 1. The van der Waals surface area contributed by atoms with Crippen molar-refractivity contribution in [2.24, 2.45) is 7.05 Å². The predicted octanol–water partition coefficient (Wildman–Crippen LogP) is 0.721. The molecule has 0 fully saturated rings. The summed E-state index contributed by atoms with van der Waals surface area (Å²) in [7, 11) is 3.47. The Hall–Kier alpha value is -1.40. The molecule has 0 bridgehead atoms. The number of esters is 1. The molecule has 0 aromatic carbocycles. The molecule has 6 heteroatoms. The van der Waals surface area contributed by atoms with E-state index in [9.17, 15) is 4.79 Å². The fourth-order valence-corrected chi connectivity index (χ4v) is 1.53. The van der Waals surface area contributed by atoms with Gasteiger partial charge < -0.3 is 14.8 Å². The van der Waals surface area contributed by atoms with E-state index in [4.69, 9.17) is 9.47 Å². The maximum Gasteiger partial charge on any atom is 0.341 e. The zero-order valence-electron chi connectivity index (χ0n) is 11.4. The first-order chi connectivity index (χ1) is 8.60. The Balaban J connectivity index is 2.64. The Kier molecular flexibility index (Phi) is 5.80. The van der Waals surface area contributed by atoms with Gasteiger partial charge in [0.05, 0.1) is 24.6 Å². The van der Waals surface area contributed by atoms with Gasteiger partial charge in [-0.2, -0.15) is 5.10 Å². The van der Waals surface area contributed by atoms with Crippen LogP contribution < -0.4 is 5.32 Å². The van der Waals surface area contributed by atoms with Gasteiger partial charge in [-0.3, -0.25) is 4.68 Å². The lowest BCUT2D eigenvalue weighted by Crippen LogP contribution is -2.27. The molecule has 0 radical (unpaired) electrons. The third-order valence-corrected chi connectivity index (χ3v) is 2.68. The molecule has 0 aliphatic carbocycles. The summed E-state index contributed by atoms with van der Waals surface area (Å²) < 4.78 is 11.8. The molecule has 102 valence electrons. The highest BCUT2D eigenvalue weighted by atomic mass is 16.5. The van der Waals surface area contributed by atoms with Crippen LogP contribution in [0.3, 0.4) is 0 Å². The first kappa shape index (κ1) is 14.7. The highest BCUT2D eigenvalue weighted by molar-refractivity contribution is 5.90. The lowest BCUT2D eigenvalue weighted by molar-refractivity contribution is 0.0524. The summed E-state index contributed by atoms with van der Waals surface area (Å²) in [6.07, 6.45) is 1.67. The first-order valence-electron chi connectivity index (χ1n) is 6.01. The molecule has 0 aliphatic rings. The number of carbonyl (C=O) groups is 1. The molecule has 0 saturated heterocycles. The van der Waals surface area contributed by atoms with Crippen molar-refractivity contribution in [3.05, 3.63) is 17.5 Å². The topological polar surface area (TPSA) is 65.4 Å². The molecule has 1 heterocycles. The van der Waals surface area contributed by atoms with Crippen molar-refractivity contribution in [1.82, 2.24) is 15.1 Å². The normalized spacial score (nSPS) is 12.4. The molecule has 1 rings (SSSR count). The van der Waals surface area contributed by atoms with E-state index in [1.54, 1.807) is 25.8 Å². The number of carbonyl (C=O) groups excluding carboxylic acids is 1. The van der Waals surface area contributed by atoms with Crippen LogP contribution in [-0.2, 0) is 23.1 Å². The number of nitrogens with zero attached hydrogens (tertiary/aromatic N) is 2. The summed E-state index contributed by atoms with van der Waals surface area (Å²) in [6.45, 7) is 5.39. The second-order valence-corrected chi connectivity index (χ2v) is 4.03. The van der Waals surface area contributed by atoms with Crippen LogP contribution in [0.5, 0.6) is 0 Å². The van der Waals surface area contributed by atoms with E-state index in [1.165, 1.54) is 6.20 Å². The molecule has 0 amide bonds. The zero-order chi connectivity index (χ0) is 13.5. The average Bonchev–Trinajstić information content (AvgIpc) is 2.71. The van der Waals surface area contributed by atoms with Gasteiger partial charge in [-0.05, 0) is 13.8 Å². The van der Waals surface area contributed by atoms with Crippen molar-refractivity contribution in [1.29, 1.82) is 0 Å². The summed E-state index contributed by atoms with van der Waals surface area (Å²) in [5.74, 6) is -0.331. The number of rotatable bonds is 7. The summed E-state index contributed by atoms with van der Waals surface area (Å²) in [6, 6.07) is 0. The summed E-state index contributed by atoms with van der Waals surface area (Å²) in [5.41, 5.74) is 1.33. The van der Waals surface area contributed by atoms with Gasteiger partial charge in [0.1, 0.15) is 5.56 Å². The van der Waals surface area contributed by atoms with Crippen LogP contribution >= 0.6 is 0 Å². The number of methoxy groups -OCH3 is 1. The van der Waals surface area contributed by atoms with Gasteiger partial charge in [-0.25, -0.2) is 4.79 Å². The quantitative estimate of drug-likeness (QED) is 0.727. The molecule has 18 heavy (non-hydrogen) atoms. The van der Waals surface area contributed by atoms with Gasteiger partial charge in [0.25, 0.3) is 0 Å². The van der Waals surface area contributed by atoms with Crippen LogP contribution in [0.25, 0.3) is 0 Å². The van der Waals surface area contributed by atoms with E-state index in [-0.39, 0.29) is 12.1 Å². The number of nitrogens with one attached hydrogen (secondary N) is 1. The zero-order valence-corrected chi connectivity index (χ0v) is 11.4. The minimum atomic E-state index is -0.331. The molecule has 0 aliphatic heterocycles. The molecule has 0 spiro atoms. The van der Waals surface area contributed by atoms with Crippen LogP contribution in [0.15, 0.2) is 6.20 Å². The van der Waals surface area contributed by atoms with E-state index >= 15 is 0 Å². The van der Waals surface area contributed by atoms with Crippen molar-refractivity contribution in [3.8, 4) is 0 Å². The maximum atomic E-state index is 11.7. The standard InChI is InChI=1S/C12H21N3O3/c1-5-18-12(16)10-7-14-15(3)11(10)8-13-6-9(2)17-4/h7,9,13H,5-6,8H2,1-4H3. The van der Waals surface area contributed by atoms with E-state index in [2.05, 4.69) is 10.4 Å². The molecule has 1 aromatic heterocycles.